The molecule has 30 heavy (non-hydrogen) atoms. The van der Waals surface area contributed by atoms with Crippen molar-refractivity contribution in [3.8, 4) is 5.75 Å². The first-order valence-corrected chi connectivity index (χ1v) is 10.7. The van der Waals surface area contributed by atoms with Gasteiger partial charge in [0, 0.05) is 5.70 Å². The van der Waals surface area contributed by atoms with Crippen molar-refractivity contribution in [1.82, 2.24) is 14.8 Å². The predicted molar refractivity (Wildman–Crippen MR) is 116 cm³/mol. The molecule has 1 aliphatic rings. The molecule has 156 valence electrons. The molecule has 3 heterocycles. The summed E-state index contributed by atoms with van der Waals surface area (Å²) in [4.78, 5) is 18.0. The molecular weight excluding hydrogens is 402 g/mol. The molecule has 2 N–H and O–H groups in total. The molecule has 0 fully saturated rings. The summed E-state index contributed by atoms with van der Waals surface area (Å²) in [6.07, 6.45) is 1.59. The quantitative estimate of drug-likeness (QED) is 0.545. The summed E-state index contributed by atoms with van der Waals surface area (Å²) in [7, 11) is 0. The van der Waals surface area contributed by atoms with Gasteiger partial charge in [-0.05, 0) is 43.9 Å². The van der Waals surface area contributed by atoms with Crippen LogP contribution in [0.15, 0.2) is 63.5 Å². The maximum Gasteiger partial charge on any atom is 0.256 e. The Hall–Kier alpha value is -3.20. The van der Waals surface area contributed by atoms with E-state index in [9.17, 15) is 4.79 Å². The Morgan fingerprint density at radius 3 is 2.87 bits per heavy atom. The molecule has 2 aromatic heterocycles. The Kier molecular flexibility index (Phi) is 5.80. The van der Waals surface area contributed by atoms with Crippen molar-refractivity contribution >= 4 is 29.3 Å². The van der Waals surface area contributed by atoms with E-state index in [1.165, 1.54) is 11.8 Å². The van der Waals surface area contributed by atoms with Gasteiger partial charge in [0.25, 0.3) is 5.91 Å². The number of nitrogens with one attached hydrogen (secondary N) is 2. The third-order valence-electron chi connectivity index (χ3n) is 4.60. The normalized spacial score (nSPS) is 15.5. The zero-order valence-electron chi connectivity index (χ0n) is 17.0. The number of nitrogens with zero attached hydrogens (tertiary/aromatic N) is 3. The molecule has 0 spiro atoms. The zero-order chi connectivity index (χ0) is 21.1. The van der Waals surface area contributed by atoms with Crippen molar-refractivity contribution in [1.29, 1.82) is 0 Å². The average molecular weight is 426 g/mol. The SMILES string of the molecule is CCOc1ccccc1NC(=O)C1=C(C)Nc2nc(SCC)nn2[C@H]1c1ccco1. The highest BCUT2D eigenvalue weighted by Gasteiger charge is 2.36. The summed E-state index contributed by atoms with van der Waals surface area (Å²) in [6, 6.07) is 10.5. The van der Waals surface area contributed by atoms with Crippen LogP contribution in [-0.4, -0.2) is 33.0 Å². The summed E-state index contributed by atoms with van der Waals surface area (Å²) < 4.78 is 13.0. The van der Waals surface area contributed by atoms with Crippen LogP contribution in [-0.2, 0) is 4.79 Å². The minimum atomic E-state index is -0.533. The average Bonchev–Trinajstić information content (AvgIpc) is 3.38. The molecule has 1 atom stereocenters. The van der Waals surface area contributed by atoms with Gasteiger partial charge in [-0.1, -0.05) is 30.8 Å². The number of anilines is 2. The number of furan rings is 1. The van der Waals surface area contributed by atoms with Gasteiger partial charge in [-0.25, -0.2) is 4.68 Å². The Bertz CT molecular complexity index is 1070. The molecule has 0 aliphatic carbocycles. The largest absolute Gasteiger partial charge is 0.492 e. The number of hydrogen-bond donors (Lipinski definition) is 2. The monoisotopic (exact) mass is 425 g/mol. The van der Waals surface area contributed by atoms with Crippen LogP contribution >= 0.6 is 11.8 Å². The minimum Gasteiger partial charge on any atom is -0.492 e. The maximum atomic E-state index is 13.4. The van der Waals surface area contributed by atoms with Gasteiger partial charge in [0.15, 0.2) is 0 Å². The van der Waals surface area contributed by atoms with E-state index in [4.69, 9.17) is 9.15 Å². The Morgan fingerprint density at radius 2 is 2.13 bits per heavy atom. The molecule has 0 saturated carbocycles. The molecule has 1 aliphatic heterocycles. The third-order valence-corrected chi connectivity index (χ3v) is 5.32. The molecule has 0 saturated heterocycles. The number of allylic oxidation sites excluding steroid dienone is 1. The number of aromatic nitrogens is 3. The van der Waals surface area contributed by atoms with Crippen molar-refractivity contribution in [2.24, 2.45) is 0 Å². The molecule has 0 unspecified atom stereocenters. The van der Waals surface area contributed by atoms with E-state index in [2.05, 4.69) is 20.7 Å². The Morgan fingerprint density at radius 1 is 1.30 bits per heavy atom. The van der Waals surface area contributed by atoms with Crippen LogP contribution in [0.4, 0.5) is 11.6 Å². The summed E-state index contributed by atoms with van der Waals surface area (Å²) >= 11 is 1.54. The van der Waals surface area contributed by atoms with Crippen LogP contribution < -0.4 is 15.4 Å². The number of carbonyl (C=O) groups is 1. The molecule has 4 rings (SSSR count). The van der Waals surface area contributed by atoms with Crippen molar-refractivity contribution < 1.29 is 13.9 Å². The highest BCUT2D eigenvalue weighted by atomic mass is 32.2. The fraction of sp³-hybridized carbons (Fsp3) is 0.286. The van der Waals surface area contributed by atoms with Crippen LogP contribution in [0.2, 0.25) is 0 Å². The maximum absolute atomic E-state index is 13.4. The first-order valence-electron chi connectivity index (χ1n) is 9.76. The smallest absolute Gasteiger partial charge is 0.256 e. The van der Waals surface area contributed by atoms with Gasteiger partial charge in [-0.15, -0.1) is 5.10 Å². The molecule has 1 amide bonds. The van der Waals surface area contributed by atoms with E-state index in [1.54, 1.807) is 17.0 Å². The van der Waals surface area contributed by atoms with E-state index in [0.29, 0.717) is 46.2 Å². The highest BCUT2D eigenvalue weighted by Crippen LogP contribution is 2.37. The molecule has 9 heteroatoms. The van der Waals surface area contributed by atoms with Crippen LogP contribution in [0.3, 0.4) is 0 Å². The standard InChI is InChI=1S/C21H23N5O3S/c1-4-28-15-10-7-6-9-14(15)23-19(27)17-13(3)22-20-24-21(30-5-2)25-26(20)18(17)16-11-8-12-29-16/h6-12,18H,4-5H2,1-3H3,(H,23,27)(H,22,24,25)/t18-/m0/s1. The summed E-state index contributed by atoms with van der Waals surface area (Å²) in [6.45, 7) is 6.30. The first-order chi connectivity index (χ1) is 14.6. The summed E-state index contributed by atoms with van der Waals surface area (Å²) in [5.41, 5.74) is 1.80. The van der Waals surface area contributed by atoms with Crippen molar-refractivity contribution in [2.75, 3.05) is 23.0 Å². The van der Waals surface area contributed by atoms with Crippen molar-refractivity contribution in [2.45, 2.75) is 32.0 Å². The van der Waals surface area contributed by atoms with Crippen LogP contribution in [0.5, 0.6) is 5.75 Å². The number of fused-ring (bicyclic) bond motifs is 1. The summed E-state index contributed by atoms with van der Waals surface area (Å²) in [5.74, 6) is 2.39. The van der Waals surface area contributed by atoms with Gasteiger partial charge in [-0.2, -0.15) is 4.98 Å². The molecule has 8 nitrogen and oxygen atoms in total. The molecular formula is C21H23N5O3S. The topological polar surface area (TPSA) is 94.2 Å². The van der Waals surface area contributed by atoms with Gasteiger partial charge in [0.1, 0.15) is 17.6 Å². The number of hydrogen-bond acceptors (Lipinski definition) is 7. The van der Waals surface area contributed by atoms with E-state index < -0.39 is 6.04 Å². The minimum absolute atomic E-state index is 0.264. The van der Waals surface area contributed by atoms with Crippen LogP contribution in [0.25, 0.3) is 0 Å². The number of benzene rings is 1. The van der Waals surface area contributed by atoms with E-state index in [-0.39, 0.29) is 5.91 Å². The second-order valence-corrected chi connectivity index (χ2v) is 7.79. The fourth-order valence-corrected chi connectivity index (χ4v) is 3.92. The van der Waals surface area contributed by atoms with Crippen LogP contribution in [0, 0.1) is 0 Å². The van der Waals surface area contributed by atoms with E-state index >= 15 is 0 Å². The van der Waals surface area contributed by atoms with E-state index in [0.717, 1.165) is 5.75 Å². The van der Waals surface area contributed by atoms with E-state index in [1.807, 2.05) is 51.1 Å². The third kappa shape index (κ3) is 3.80. The second kappa shape index (κ2) is 8.66. The number of ether oxygens (including phenoxy) is 1. The number of thioether (sulfide) groups is 1. The van der Waals surface area contributed by atoms with Gasteiger partial charge in [0.05, 0.1) is 24.1 Å². The lowest BCUT2D eigenvalue weighted by Crippen LogP contribution is -2.31. The molecule has 0 radical (unpaired) electrons. The van der Waals surface area contributed by atoms with Crippen molar-refractivity contribution in [3.63, 3.8) is 0 Å². The molecule has 1 aromatic carbocycles. The van der Waals surface area contributed by atoms with Gasteiger partial charge < -0.3 is 19.8 Å². The first kappa shape index (κ1) is 20.1. The number of carbonyl (C=O) groups excluding carboxylic acids is 1. The van der Waals surface area contributed by atoms with Gasteiger partial charge in [0.2, 0.25) is 11.1 Å². The highest BCUT2D eigenvalue weighted by molar-refractivity contribution is 7.99. The fourth-order valence-electron chi connectivity index (χ4n) is 3.37. The molecule has 3 aromatic rings. The zero-order valence-corrected chi connectivity index (χ0v) is 17.8. The predicted octanol–water partition coefficient (Wildman–Crippen LogP) is 4.31. The number of para-hydroxylation sites is 2. The van der Waals surface area contributed by atoms with Gasteiger partial charge >= 0.3 is 0 Å². The van der Waals surface area contributed by atoms with Crippen LogP contribution in [0.1, 0.15) is 32.6 Å². The number of amides is 1. The van der Waals surface area contributed by atoms with Crippen molar-refractivity contribution in [3.05, 3.63) is 59.7 Å². The van der Waals surface area contributed by atoms with Gasteiger partial charge in [-0.3, -0.25) is 4.79 Å². The lowest BCUT2D eigenvalue weighted by molar-refractivity contribution is -0.113. The number of rotatable bonds is 7. The lowest BCUT2D eigenvalue weighted by Gasteiger charge is -2.27. The Labute approximate surface area is 178 Å². The Balaban J connectivity index is 1.72. The molecule has 0 bridgehead atoms. The summed E-state index contributed by atoms with van der Waals surface area (Å²) in [5, 5.41) is 11.4. The second-order valence-electron chi connectivity index (χ2n) is 6.56. The lowest BCUT2D eigenvalue weighted by atomic mass is 10.00.